The number of nitrogens with zero attached hydrogens (tertiary/aromatic N) is 1. The van der Waals surface area contributed by atoms with Crippen molar-refractivity contribution in [2.45, 2.75) is 19.3 Å². The van der Waals surface area contributed by atoms with E-state index in [1.165, 1.54) is 71.4 Å². The number of hydrogen-bond donors (Lipinski definition) is 0. The van der Waals surface area contributed by atoms with E-state index < -0.39 is 0 Å². The third kappa shape index (κ3) is 3.95. The normalized spacial score (nSPS) is 13.2. The van der Waals surface area contributed by atoms with Gasteiger partial charge in [-0.05, 0) is 85.1 Å². The Morgan fingerprint density at radius 1 is 0.413 bits per heavy atom. The minimum atomic E-state index is -0.0477. The Morgan fingerprint density at radius 2 is 1.02 bits per heavy atom. The van der Waals surface area contributed by atoms with Crippen LogP contribution in [0.1, 0.15) is 25.0 Å². The van der Waals surface area contributed by atoms with Gasteiger partial charge in [0.15, 0.2) is 0 Å². The van der Waals surface area contributed by atoms with E-state index in [4.69, 9.17) is 0 Å². The van der Waals surface area contributed by atoms with Gasteiger partial charge in [0, 0.05) is 27.7 Å². The number of para-hydroxylation sites is 1. The number of anilines is 3. The molecule has 1 heteroatoms. The van der Waals surface area contributed by atoms with Gasteiger partial charge in [-0.15, -0.1) is 0 Å². The molecule has 0 radical (unpaired) electrons. The third-order valence-electron chi connectivity index (χ3n) is 10.0. The fourth-order valence-corrected chi connectivity index (χ4v) is 7.82. The molecule has 0 aliphatic heterocycles. The summed E-state index contributed by atoms with van der Waals surface area (Å²) in [6.07, 6.45) is 0. The van der Waals surface area contributed by atoms with E-state index in [1.54, 1.807) is 0 Å². The van der Waals surface area contributed by atoms with Crippen LogP contribution >= 0.6 is 0 Å². The Bertz CT molecular complexity index is 2450. The predicted molar refractivity (Wildman–Crippen MR) is 197 cm³/mol. The molecule has 0 saturated carbocycles. The van der Waals surface area contributed by atoms with Crippen LogP contribution in [0.5, 0.6) is 0 Å². The van der Waals surface area contributed by atoms with Gasteiger partial charge in [0.1, 0.15) is 0 Å². The zero-order valence-corrected chi connectivity index (χ0v) is 26.0. The van der Waals surface area contributed by atoms with Gasteiger partial charge in [-0.25, -0.2) is 0 Å². The van der Waals surface area contributed by atoms with E-state index >= 15 is 0 Å². The van der Waals surface area contributed by atoms with Crippen molar-refractivity contribution < 1.29 is 0 Å². The highest BCUT2D eigenvalue weighted by atomic mass is 15.1. The SMILES string of the molecule is CC1(C)c2ccccc2-c2cc(N(c3ccccc3)c3c(-c4ccc5ccccc5c4)c4ccccc4c4ccccc34)ccc21. The summed E-state index contributed by atoms with van der Waals surface area (Å²) in [5.74, 6) is 0. The predicted octanol–water partition coefficient (Wildman–Crippen LogP) is 12.6. The van der Waals surface area contributed by atoms with Crippen molar-refractivity contribution >= 4 is 49.4 Å². The van der Waals surface area contributed by atoms with E-state index in [2.05, 4.69) is 183 Å². The highest BCUT2D eigenvalue weighted by molar-refractivity contribution is 6.22. The lowest BCUT2D eigenvalue weighted by atomic mass is 9.82. The molecule has 1 aliphatic rings. The Kier molecular flexibility index (Phi) is 5.92. The summed E-state index contributed by atoms with van der Waals surface area (Å²) in [5.41, 5.74) is 11.3. The van der Waals surface area contributed by atoms with Crippen molar-refractivity contribution in [2.75, 3.05) is 4.90 Å². The summed E-state index contributed by atoms with van der Waals surface area (Å²) in [6, 6.07) is 60.3. The Morgan fingerprint density at radius 3 is 1.83 bits per heavy atom. The average Bonchev–Trinajstić information content (AvgIpc) is 3.34. The molecule has 1 aliphatic carbocycles. The minimum absolute atomic E-state index is 0.0477. The second-order valence-electron chi connectivity index (χ2n) is 12.9. The molecule has 0 atom stereocenters. The highest BCUT2D eigenvalue weighted by Gasteiger charge is 2.36. The van der Waals surface area contributed by atoms with Gasteiger partial charge in [0.25, 0.3) is 0 Å². The van der Waals surface area contributed by atoms with Crippen molar-refractivity contribution in [2.24, 2.45) is 0 Å². The molecule has 46 heavy (non-hydrogen) atoms. The van der Waals surface area contributed by atoms with Gasteiger partial charge in [-0.2, -0.15) is 0 Å². The molecule has 9 rings (SSSR count). The summed E-state index contributed by atoms with van der Waals surface area (Å²) in [5, 5.41) is 7.49. The Balaban J connectivity index is 1.42. The van der Waals surface area contributed by atoms with Gasteiger partial charge in [0.05, 0.1) is 5.69 Å². The quantitative estimate of drug-likeness (QED) is 0.185. The molecule has 0 amide bonds. The van der Waals surface area contributed by atoms with E-state index in [9.17, 15) is 0 Å². The van der Waals surface area contributed by atoms with Crippen molar-refractivity contribution in [3.05, 3.63) is 175 Å². The first-order chi connectivity index (χ1) is 22.6. The maximum Gasteiger partial charge on any atom is 0.0624 e. The van der Waals surface area contributed by atoms with Crippen molar-refractivity contribution in [3.8, 4) is 22.3 Å². The maximum absolute atomic E-state index is 2.49. The summed E-state index contributed by atoms with van der Waals surface area (Å²) < 4.78 is 0. The first-order valence-corrected chi connectivity index (χ1v) is 16.1. The largest absolute Gasteiger partial charge is 0.309 e. The number of hydrogen-bond acceptors (Lipinski definition) is 1. The van der Waals surface area contributed by atoms with Crippen LogP contribution in [0.4, 0.5) is 17.1 Å². The molecule has 0 heterocycles. The average molecular weight is 588 g/mol. The number of fused-ring (bicyclic) bond motifs is 7. The molecule has 0 saturated heterocycles. The van der Waals surface area contributed by atoms with Crippen molar-refractivity contribution in [1.29, 1.82) is 0 Å². The van der Waals surface area contributed by atoms with Gasteiger partial charge in [-0.3, -0.25) is 0 Å². The second-order valence-corrected chi connectivity index (χ2v) is 12.9. The zero-order chi connectivity index (χ0) is 30.8. The van der Waals surface area contributed by atoms with Crippen LogP contribution in [0, 0.1) is 0 Å². The van der Waals surface area contributed by atoms with Crippen LogP contribution in [0.3, 0.4) is 0 Å². The Hall–Kier alpha value is -5.66. The summed E-state index contributed by atoms with van der Waals surface area (Å²) in [7, 11) is 0. The summed E-state index contributed by atoms with van der Waals surface area (Å²) >= 11 is 0. The molecular weight excluding hydrogens is 555 g/mol. The van der Waals surface area contributed by atoms with Crippen molar-refractivity contribution in [3.63, 3.8) is 0 Å². The molecule has 8 aromatic rings. The maximum atomic E-state index is 2.49. The number of benzene rings is 8. The first kappa shape index (κ1) is 26.7. The Labute approximate surface area is 270 Å². The van der Waals surface area contributed by atoms with Crippen LogP contribution < -0.4 is 4.90 Å². The molecule has 0 bridgehead atoms. The van der Waals surface area contributed by atoms with Gasteiger partial charge in [0.2, 0.25) is 0 Å². The number of rotatable bonds is 4. The molecule has 0 unspecified atom stereocenters. The van der Waals surface area contributed by atoms with Gasteiger partial charge >= 0.3 is 0 Å². The fraction of sp³-hybridized carbons (Fsp3) is 0.0667. The third-order valence-corrected chi connectivity index (χ3v) is 10.0. The van der Waals surface area contributed by atoms with Crippen LogP contribution in [0.25, 0.3) is 54.6 Å². The van der Waals surface area contributed by atoms with Gasteiger partial charge < -0.3 is 4.90 Å². The van der Waals surface area contributed by atoms with Gasteiger partial charge in [-0.1, -0.05) is 147 Å². The lowest BCUT2D eigenvalue weighted by molar-refractivity contribution is 0.660. The molecule has 0 fully saturated rings. The van der Waals surface area contributed by atoms with Crippen LogP contribution in [0.15, 0.2) is 164 Å². The topological polar surface area (TPSA) is 3.24 Å². The lowest BCUT2D eigenvalue weighted by Gasteiger charge is -2.31. The highest BCUT2D eigenvalue weighted by Crippen LogP contribution is 2.53. The lowest BCUT2D eigenvalue weighted by Crippen LogP contribution is -2.15. The van der Waals surface area contributed by atoms with Crippen LogP contribution in [0.2, 0.25) is 0 Å². The summed E-state index contributed by atoms with van der Waals surface area (Å²) in [6.45, 7) is 4.70. The fourth-order valence-electron chi connectivity index (χ4n) is 7.82. The van der Waals surface area contributed by atoms with Crippen molar-refractivity contribution in [1.82, 2.24) is 0 Å². The molecular formula is C45H33N. The van der Waals surface area contributed by atoms with E-state index in [0.717, 1.165) is 11.4 Å². The van der Waals surface area contributed by atoms with E-state index in [1.807, 2.05) is 0 Å². The van der Waals surface area contributed by atoms with Crippen LogP contribution in [-0.4, -0.2) is 0 Å². The standard InChI is InChI=1S/C45H33N/c1-45(2)41-23-13-12-20-37(41)40-29-34(26-27-42(40)45)46(33-16-4-3-5-17-33)44-39-22-11-9-19-36(39)35-18-8-10-21-38(35)43(44)32-25-24-30-14-6-7-15-31(30)28-32/h3-29H,1-2H3. The smallest absolute Gasteiger partial charge is 0.0624 e. The molecule has 0 N–H and O–H groups in total. The molecule has 1 nitrogen and oxygen atoms in total. The second kappa shape index (κ2) is 10.2. The first-order valence-electron chi connectivity index (χ1n) is 16.1. The molecule has 0 spiro atoms. The molecule has 218 valence electrons. The minimum Gasteiger partial charge on any atom is -0.309 e. The zero-order valence-electron chi connectivity index (χ0n) is 26.0. The molecule has 8 aromatic carbocycles. The van der Waals surface area contributed by atoms with E-state index in [0.29, 0.717) is 0 Å². The monoisotopic (exact) mass is 587 g/mol. The van der Waals surface area contributed by atoms with E-state index in [-0.39, 0.29) is 5.41 Å². The molecule has 0 aromatic heterocycles. The van der Waals surface area contributed by atoms with Crippen LogP contribution in [-0.2, 0) is 5.41 Å². The summed E-state index contributed by atoms with van der Waals surface area (Å²) in [4.78, 5) is 2.49.